The van der Waals surface area contributed by atoms with Gasteiger partial charge in [0.2, 0.25) is 5.76 Å². The normalized spacial score (nSPS) is 14.0. The fourth-order valence-electron chi connectivity index (χ4n) is 2.41. The van der Waals surface area contributed by atoms with Gasteiger partial charge in [-0.2, -0.15) is 0 Å². The number of thiophene rings is 1. The van der Waals surface area contributed by atoms with Crippen LogP contribution in [-0.4, -0.2) is 27.8 Å². The van der Waals surface area contributed by atoms with Crippen LogP contribution in [0.5, 0.6) is 0 Å². The van der Waals surface area contributed by atoms with Crippen LogP contribution < -0.4 is 0 Å². The Hall–Kier alpha value is -2.06. The lowest BCUT2D eigenvalue weighted by Gasteiger charge is -2.06. The van der Waals surface area contributed by atoms with Gasteiger partial charge in [0.1, 0.15) is 5.76 Å². The Morgan fingerprint density at radius 2 is 2.29 bits per heavy atom. The summed E-state index contributed by atoms with van der Waals surface area (Å²) in [4.78, 5) is 12.6. The Balaban J connectivity index is 1.53. The van der Waals surface area contributed by atoms with Crippen LogP contribution in [0.1, 0.15) is 35.2 Å². The zero-order valence-corrected chi connectivity index (χ0v) is 14.6. The van der Waals surface area contributed by atoms with Crippen molar-refractivity contribution < 1.29 is 13.9 Å². The minimum absolute atomic E-state index is 0.219. The maximum atomic E-state index is 11.4. The number of thioether (sulfide) groups is 1. The van der Waals surface area contributed by atoms with Crippen molar-refractivity contribution in [2.75, 3.05) is 7.11 Å². The molecule has 3 aromatic heterocycles. The van der Waals surface area contributed by atoms with E-state index in [4.69, 9.17) is 4.42 Å². The van der Waals surface area contributed by atoms with Crippen LogP contribution in [0.15, 0.2) is 39.2 Å². The number of hydrogen-bond donors (Lipinski definition) is 0. The van der Waals surface area contributed by atoms with Gasteiger partial charge in [-0.3, -0.25) is 4.57 Å². The largest absolute Gasteiger partial charge is 0.463 e. The summed E-state index contributed by atoms with van der Waals surface area (Å²) >= 11 is 3.24. The van der Waals surface area contributed by atoms with Gasteiger partial charge < -0.3 is 9.15 Å². The minimum Gasteiger partial charge on any atom is -0.463 e. The standard InChI is InChI=1S/C16H15N3O3S2/c1-21-15(20)12-7-6-11(22-12)9-24-16-18-17-14(13-3-2-8-23-13)19(16)10-4-5-10/h2-3,6-8,10H,4-5,9H2,1H3. The third kappa shape index (κ3) is 2.99. The van der Waals surface area contributed by atoms with Gasteiger partial charge in [0.15, 0.2) is 11.0 Å². The van der Waals surface area contributed by atoms with Gasteiger partial charge in [0.25, 0.3) is 0 Å². The number of aromatic nitrogens is 3. The maximum absolute atomic E-state index is 11.4. The fraction of sp³-hybridized carbons (Fsp3) is 0.312. The van der Waals surface area contributed by atoms with E-state index in [9.17, 15) is 4.79 Å². The number of esters is 1. The summed E-state index contributed by atoms with van der Waals surface area (Å²) in [6.07, 6.45) is 2.33. The maximum Gasteiger partial charge on any atom is 0.373 e. The molecular weight excluding hydrogens is 346 g/mol. The number of furan rings is 1. The number of carbonyl (C=O) groups excluding carboxylic acids is 1. The average Bonchev–Trinajstić information content (AvgIpc) is 3.04. The summed E-state index contributed by atoms with van der Waals surface area (Å²) < 4.78 is 12.4. The number of rotatable bonds is 6. The molecule has 0 atom stereocenters. The number of hydrogen-bond acceptors (Lipinski definition) is 7. The van der Waals surface area contributed by atoms with E-state index in [0.717, 1.165) is 28.7 Å². The summed E-state index contributed by atoms with van der Waals surface area (Å²) in [7, 11) is 1.34. The lowest BCUT2D eigenvalue weighted by molar-refractivity contribution is 0.0563. The van der Waals surface area contributed by atoms with Crippen LogP contribution in [-0.2, 0) is 10.5 Å². The first-order valence-electron chi connectivity index (χ1n) is 7.55. The van der Waals surface area contributed by atoms with E-state index in [2.05, 4.69) is 25.6 Å². The Kier molecular flexibility index (Phi) is 4.15. The number of nitrogens with zero attached hydrogens (tertiary/aromatic N) is 3. The summed E-state index contributed by atoms with van der Waals surface area (Å²) in [5.41, 5.74) is 0. The molecule has 3 heterocycles. The van der Waals surface area contributed by atoms with E-state index in [1.165, 1.54) is 7.11 Å². The van der Waals surface area contributed by atoms with Gasteiger partial charge in [0, 0.05) is 6.04 Å². The molecule has 1 saturated carbocycles. The van der Waals surface area contributed by atoms with E-state index < -0.39 is 5.97 Å². The summed E-state index contributed by atoms with van der Waals surface area (Å²) in [6, 6.07) is 8.00. The van der Waals surface area contributed by atoms with Crippen LogP contribution in [0.3, 0.4) is 0 Å². The molecule has 1 aliphatic rings. The van der Waals surface area contributed by atoms with Crippen molar-refractivity contribution in [3.8, 4) is 10.7 Å². The molecule has 8 heteroatoms. The lowest BCUT2D eigenvalue weighted by Crippen LogP contribution is -1.99. The second kappa shape index (κ2) is 6.45. The van der Waals surface area contributed by atoms with Crippen molar-refractivity contribution in [1.29, 1.82) is 0 Å². The van der Waals surface area contributed by atoms with Gasteiger partial charge >= 0.3 is 5.97 Å². The van der Waals surface area contributed by atoms with Gasteiger partial charge in [-0.25, -0.2) is 4.79 Å². The molecule has 0 bridgehead atoms. The molecular formula is C16H15N3O3S2. The molecule has 0 radical (unpaired) electrons. The third-order valence-electron chi connectivity index (χ3n) is 3.71. The third-order valence-corrected chi connectivity index (χ3v) is 5.54. The quantitative estimate of drug-likeness (QED) is 0.488. The van der Waals surface area contributed by atoms with Crippen LogP contribution in [0, 0.1) is 0 Å². The Labute approximate surface area is 146 Å². The number of methoxy groups -OCH3 is 1. The molecule has 3 aromatic rings. The molecule has 4 rings (SSSR count). The summed E-state index contributed by atoms with van der Waals surface area (Å²) in [6.45, 7) is 0. The SMILES string of the molecule is COC(=O)c1ccc(CSc2nnc(-c3cccs3)n2C2CC2)o1. The molecule has 0 aliphatic heterocycles. The Morgan fingerprint density at radius 3 is 3.00 bits per heavy atom. The van der Waals surface area contributed by atoms with E-state index >= 15 is 0 Å². The zero-order chi connectivity index (χ0) is 16.5. The second-order valence-electron chi connectivity index (χ2n) is 5.43. The minimum atomic E-state index is -0.465. The molecule has 1 aliphatic carbocycles. The Bertz CT molecular complexity index is 850. The lowest BCUT2D eigenvalue weighted by atomic mass is 10.4. The van der Waals surface area contributed by atoms with Gasteiger partial charge in [-0.15, -0.1) is 21.5 Å². The molecule has 0 unspecified atom stereocenters. The van der Waals surface area contributed by atoms with Crippen LogP contribution in [0.4, 0.5) is 0 Å². The first-order valence-corrected chi connectivity index (χ1v) is 9.41. The van der Waals surface area contributed by atoms with Crippen molar-refractivity contribution >= 4 is 29.1 Å². The van der Waals surface area contributed by atoms with Crippen molar-refractivity contribution in [3.63, 3.8) is 0 Å². The zero-order valence-electron chi connectivity index (χ0n) is 13.0. The molecule has 124 valence electrons. The summed E-state index contributed by atoms with van der Waals surface area (Å²) in [5, 5.41) is 11.7. The van der Waals surface area contributed by atoms with Crippen molar-refractivity contribution in [3.05, 3.63) is 41.2 Å². The first-order chi connectivity index (χ1) is 11.8. The predicted molar refractivity (Wildman–Crippen MR) is 91.2 cm³/mol. The van der Waals surface area contributed by atoms with Crippen molar-refractivity contribution in [2.24, 2.45) is 0 Å². The molecule has 0 saturated heterocycles. The first kappa shape index (κ1) is 15.5. The molecule has 24 heavy (non-hydrogen) atoms. The van der Waals surface area contributed by atoms with E-state index in [-0.39, 0.29) is 5.76 Å². The van der Waals surface area contributed by atoms with E-state index in [1.54, 1.807) is 35.2 Å². The topological polar surface area (TPSA) is 70.2 Å². The van der Waals surface area contributed by atoms with Gasteiger partial charge in [0.05, 0.1) is 17.7 Å². The number of carbonyl (C=O) groups is 1. The van der Waals surface area contributed by atoms with Crippen LogP contribution >= 0.6 is 23.1 Å². The molecule has 0 amide bonds. The molecule has 1 fully saturated rings. The molecule has 6 nitrogen and oxygen atoms in total. The average molecular weight is 361 g/mol. The molecule has 0 N–H and O–H groups in total. The van der Waals surface area contributed by atoms with Gasteiger partial charge in [-0.05, 0) is 36.4 Å². The van der Waals surface area contributed by atoms with Crippen molar-refractivity contribution in [1.82, 2.24) is 14.8 Å². The molecule has 0 aromatic carbocycles. The second-order valence-corrected chi connectivity index (χ2v) is 7.32. The predicted octanol–water partition coefficient (Wildman–Crippen LogP) is 4.01. The highest BCUT2D eigenvalue weighted by Crippen LogP contribution is 2.42. The Morgan fingerprint density at radius 1 is 1.42 bits per heavy atom. The highest BCUT2D eigenvalue weighted by Gasteiger charge is 2.30. The smallest absolute Gasteiger partial charge is 0.373 e. The number of ether oxygens (including phenoxy) is 1. The summed E-state index contributed by atoms with van der Waals surface area (Å²) in [5.74, 6) is 1.99. The van der Waals surface area contributed by atoms with Crippen LogP contribution in [0.25, 0.3) is 10.7 Å². The fourth-order valence-corrected chi connectivity index (χ4v) is 4.02. The molecule has 0 spiro atoms. The van der Waals surface area contributed by atoms with E-state index in [1.807, 2.05) is 11.4 Å². The highest BCUT2D eigenvalue weighted by atomic mass is 32.2. The monoisotopic (exact) mass is 361 g/mol. The highest BCUT2D eigenvalue weighted by molar-refractivity contribution is 7.98. The van der Waals surface area contributed by atoms with Gasteiger partial charge in [-0.1, -0.05) is 17.8 Å². The van der Waals surface area contributed by atoms with Crippen LogP contribution in [0.2, 0.25) is 0 Å². The van der Waals surface area contributed by atoms with Crippen molar-refractivity contribution in [2.45, 2.75) is 29.8 Å². The van der Waals surface area contributed by atoms with E-state index in [0.29, 0.717) is 17.6 Å².